The second kappa shape index (κ2) is 9.46. The van der Waals surface area contributed by atoms with Gasteiger partial charge in [0, 0.05) is 24.8 Å². The van der Waals surface area contributed by atoms with Gasteiger partial charge in [0.1, 0.15) is 6.61 Å². The molecule has 0 aliphatic rings. The largest absolute Gasteiger partial charge is 0.461 e. The summed E-state index contributed by atoms with van der Waals surface area (Å²) >= 11 is 0. The summed E-state index contributed by atoms with van der Waals surface area (Å²) in [5.41, 5.74) is 1.77. The molecule has 0 unspecified atom stereocenters. The van der Waals surface area contributed by atoms with E-state index in [1.54, 1.807) is 0 Å². The molecule has 0 bridgehead atoms. The van der Waals surface area contributed by atoms with Gasteiger partial charge >= 0.3 is 5.97 Å². The van der Waals surface area contributed by atoms with E-state index in [9.17, 15) is 4.79 Å². The first-order valence-corrected chi connectivity index (χ1v) is 8.14. The summed E-state index contributed by atoms with van der Waals surface area (Å²) in [6.07, 6.45) is 2.35. The molecule has 1 aromatic rings. The maximum absolute atomic E-state index is 12.0. The zero-order valence-corrected chi connectivity index (χ0v) is 14.6. The molecule has 0 atom stereocenters. The number of carbonyl (C=O) groups excluding carboxylic acids is 1. The molecule has 0 radical (unpaired) electrons. The van der Waals surface area contributed by atoms with Crippen LogP contribution in [0.4, 0.5) is 5.69 Å². The highest BCUT2D eigenvalue weighted by atomic mass is 16.5. The van der Waals surface area contributed by atoms with Crippen LogP contribution < -0.4 is 4.90 Å². The van der Waals surface area contributed by atoms with E-state index in [-0.39, 0.29) is 5.97 Å². The lowest BCUT2D eigenvalue weighted by Crippen LogP contribution is -2.31. The third kappa shape index (κ3) is 6.06. The Labute approximate surface area is 135 Å². The first-order valence-electron chi connectivity index (χ1n) is 8.14. The average Bonchev–Trinajstić information content (AvgIpc) is 2.47. The lowest BCUT2D eigenvalue weighted by atomic mass is 10.1. The smallest absolute Gasteiger partial charge is 0.338 e. The zero-order valence-electron chi connectivity index (χ0n) is 14.6. The number of nitrogens with zero attached hydrogens (tertiary/aromatic N) is 2. The van der Waals surface area contributed by atoms with Crippen molar-refractivity contribution in [3.63, 3.8) is 0 Å². The monoisotopic (exact) mass is 306 g/mol. The Morgan fingerprint density at radius 1 is 1.14 bits per heavy atom. The molecule has 1 aromatic carbocycles. The van der Waals surface area contributed by atoms with Gasteiger partial charge in [0.25, 0.3) is 0 Å². The molecule has 0 saturated heterocycles. The average molecular weight is 306 g/mol. The molecule has 4 heteroatoms. The van der Waals surface area contributed by atoms with Gasteiger partial charge in [0.15, 0.2) is 0 Å². The van der Waals surface area contributed by atoms with Crippen LogP contribution in [0.15, 0.2) is 24.3 Å². The van der Waals surface area contributed by atoms with Gasteiger partial charge in [-0.05, 0) is 58.6 Å². The summed E-state index contributed by atoms with van der Waals surface area (Å²) in [5.74, 6) is -0.252. The van der Waals surface area contributed by atoms with E-state index >= 15 is 0 Å². The predicted molar refractivity (Wildman–Crippen MR) is 92.7 cm³/mol. The minimum absolute atomic E-state index is 0.252. The van der Waals surface area contributed by atoms with Crippen molar-refractivity contribution in [2.45, 2.75) is 39.7 Å². The highest BCUT2D eigenvalue weighted by molar-refractivity contribution is 5.89. The van der Waals surface area contributed by atoms with Crippen molar-refractivity contribution in [3.8, 4) is 0 Å². The van der Waals surface area contributed by atoms with Crippen molar-refractivity contribution in [2.75, 3.05) is 38.7 Å². The predicted octanol–water partition coefficient (Wildman–Crippen LogP) is 3.42. The standard InChI is InChI=1S/C18H30N2O2/c1-6-7-12-20(15(2)3)17-10-8-16(9-11-17)18(21)22-14-13-19(4)5/h8-11,15H,6-7,12-14H2,1-5H3. The molecule has 1 rings (SSSR count). The van der Waals surface area contributed by atoms with Gasteiger partial charge in [-0.1, -0.05) is 13.3 Å². The Bertz CT molecular complexity index is 441. The molecule has 0 fully saturated rings. The molecule has 0 aliphatic carbocycles. The summed E-state index contributed by atoms with van der Waals surface area (Å²) in [4.78, 5) is 16.3. The minimum Gasteiger partial charge on any atom is -0.461 e. The van der Waals surface area contributed by atoms with Gasteiger partial charge in [0.05, 0.1) is 5.56 Å². The summed E-state index contributed by atoms with van der Waals surface area (Å²) in [6.45, 7) is 8.79. The zero-order chi connectivity index (χ0) is 16.5. The topological polar surface area (TPSA) is 32.8 Å². The SMILES string of the molecule is CCCCN(c1ccc(C(=O)OCCN(C)C)cc1)C(C)C. The number of likely N-dealkylation sites (N-methyl/N-ethyl adjacent to an activating group) is 1. The van der Waals surface area contributed by atoms with E-state index in [1.807, 2.05) is 43.3 Å². The van der Waals surface area contributed by atoms with E-state index in [2.05, 4.69) is 25.7 Å². The van der Waals surface area contributed by atoms with Crippen molar-refractivity contribution in [1.29, 1.82) is 0 Å². The van der Waals surface area contributed by atoms with Gasteiger partial charge in [-0.25, -0.2) is 4.79 Å². The maximum atomic E-state index is 12.0. The molecule has 124 valence electrons. The van der Waals surface area contributed by atoms with Crippen LogP contribution >= 0.6 is 0 Å². The summed E-state index contributed by atoms with van der Waals surface area (Å²) in [7, 11) is 3.92. The first kappa shape index (κ1) is 18.5. The lowest BCUT2D eigenvalue weighted by molar-refractivity contribution is 0.0482. The quantitative estimate of drug-likeness (QED) is 0.655. The molecule has 4 nitrogen and oxygen atoms in total. The second-order valence-corrected chi connectivity index (χ2v) is 6.13. The van der Waals surface area contributed by atoms with E-state index in [0.717, 1.165) is 18.8 Å². The van der Waals surface area contributed by atoms with Crippen molar-refractivity contribution in [3.05, 3.63) is 29.8 Å². The molecule has 0 heterocycles. The van der Waals surface area contributed by atoms with E-state index in [1.165, 1.54) is 12.8 Å². The third-order valence-electron chi connectivity index (χ3n) is 3.58. The molecule has 0 aliphatic heterocycles. The third-order valence-corrected chi connectivity index (χ3v) is 3.58. The van der Waals surface area contributed by atoms with E-state index in [0.29, 0.717) is 18.2 Å². The van der Waals surface area contributed by atoms with E-state index in [4.69, 9.17) is 4.74 Å². The molecule has 0 aromatic heterocycles. The summed E-state index contributed by atoms with van der Waals surface area (Å²) in [6, 6.07) is 8.18. The normalized spacial score (nSPS) is 11.0. The van der Waals surface area contributed by atoms with Gasteiger partial charge in [-0.3, -0.25) is 0 Å². The number of unbranched alkanes of at least 4 members (excludes halogenated alkanes) is 1. The molecule has 0 saturated carbocycles. The van der Waals surface area contributed by atoms with Crippen molar-refractivity contribution in [2.24, 2.45) is 0 Å². The van der Waals surface area contributed by atoms with Gasteiger partial charge in [0.2, 0.25) is 0 Å². The highest BCUT2D eigenvalue weighted by Crippen LogP contribution is 2.19. The minimum atomic E-state index is -0.252. The number of hydrogen-bond acceptors (Lipinski definition) is 4. The highest BCUT2D eigenvalue weighted by Gasteiger charge is 2.12. The number of carbonyl (C=O) groups is 1. The van der Waals surface area contributed by atoms with E-state index < -0.39 is 0 Å². The maximum Gasteiger partial charge on any atom is 0.338 e. The van der Waals surface area contributed by atoms with Gasteiger partial charge < -0.3 is 14.5 Å². The number of esters is 1. The fourth-order valence-corrected chi connectivity index (χ4v) is 2.21. The Morgan fingerprint density at radius 2 is 1.77 bits per heavy atom. The van der Waals surface area contributed by atoms with Crippen LogP contribution in [0.25, 0.3) is 0 Å². The summed E-state index contributed by atoms with van der Waals surface area (Å²) < 4.78 is 5.26. The van der Waals surface area contributed by atoms with Crippen LogP contribution in [0.2, 0.25) is 0 Å². The number of hydrogen-bond donors (Lipinski definition) is 0. The first-order chi connectivity index (χ1) is 10.5. The Hall–Kier alpha value is -1.55. The molecule has 22 heavy (non-hydrogen) atoms. The van der Waals surface area contributed by atoms with Crippen LogP contribution in [-0.2, 0) is 4.74 Å². The number of ether oxygens (including phenoxy) is 1. The fourth-order valence-electron chi connectivity index (χ4n) is 2.21. The van der Waals surface area contributed by atoms with Crippen LogP contribution in [-0.4, -0.2) is 50.7 Å². The fraction of sp³-hybridized carbons (Fsp3) is 0.611. The van der Waals surface area contributed by atoms with Crippen LogP contribution in [0.5, 0.6) is 0 Å². The number of benzene rings is 1. The second-order valence-electron chi connectivity index (χ2n) is 6.13. The Morgan fingerprint density at radius 3 is 2.27 bits per heavy atom. The van der Waals surface area contributed by atoms with Crippen molar-refractivity contribution < 1.29 is 9.53 Å². The van der Waals surface area contributed by atoms with Crippen LogP contribution in [0.1, 0.15) is 44.0 Å². The van der Waals surface area contributed by atoms with Gasteiger partial charge in [-0.2, -0.15) is 0 Å². The molecular formula is C18H30N2O2. The van der Waals surface area contributed by atoms with Crippen molar-refractivity contribution in [1.82, 2.24) is 4.90 Å². The van der Waals surface area contributed by atoms with Gasteiger partial charge in [-0.15, -0.1) is 0 Å². The van der Waals surface area contributed by atoms with Crippen molar-refractivity contribution >= 4 is 11.7 Å². The Kier molecular flexibility index (Phi) is 7.96. The lowest BCUT2D eigenvalue weighted by Gasteiger charge is -2.29. The molecule has 0 N–H and O–H groups in total. The van der Waals surface area contributed by atoms with Crippen LogP contribution in [0, 0.1) is 0 Å². The Balaban J connectivity index is 2.65. The molecule has 0 amide bonds. The molecule has 0 spiro atoms. The number of rotatable bonds is 9. The summed E-state index contributed by atoms with van der Waals surface area (Å²) in [5, 5.41) is 0. The number of anilines is 1. The molecular weight excluding hydrogens is 276 g/mol. The van der Waals surface area contributed by atoms with Crippen LogP contribution in [0.3, 0.4) is 0 Å².